The summed E-state index contributed by atoms with van der Waals surface area (Å²) in [5.74, 6) is 0.344. The van der Waals surface area contributed by atoms with Gasteiger partial charge in [0.2, 0.25) is 0 Å². The van der Waals surface area contributed by atoms with Gasteiger partial charge in [-0.1, -0.05) is 0 Å². The molecule has 0 aliphatic carbocycles. The summed E-state index contributed by atoms with van der Waals surface area (Å²) < 4.78 is 5.13. The summed E-state index contributed by atoms with van der Waals surface area (Å²) in [5, 5.41) is 10.6. The Balaban J connectivity index is 1.48. The van der Waals surface area contributed by atoms with Crippen LogP contribution in [0.15, 0.2) is 6.07 Å². The summed E-state index contributed by atoms with van der Waals surface area (Å²) in [4.78, 5) is 16.9. The standard InChI is InChI=1S/C17H29N5O2/c1-13-10-16(20-19-13)14-4-3-6-22(11-14)17(23)18-15-5-7-21(12-15)8-9-24-2/h10,14-15H,3-9,11-12H2,1-2H3,(H,18,23)(H,19,20)/t14-,15+/m1/s1. The molecule has 2 amide bonds. The maximum absolute atomic E-state index is 12.6. The van der Waals surface area contributed by atoms with Crippen molar-refractivity contribution in [2.24, 2.45) is 0 Å². The highest BCUT2D eigenvalue weighted by Crippen LogP contribution is 2.26. The number of hydrogen-bond donors (Lipinski definition) is 2. The quantitative estimate of drug-likeness (QED) is 0.851. The van der Waals surface area contributed by atoms with Gasteiger partial charge in [0.15, 0.2) is 0 Å². The van der Waals surface area contributed by atoms with E-state index in [0.717, 1.165) is 70.0 Å². The number of amides is 2. The first-order valence-corrected chi connectivity index (χ1v) is 8.94. The normalized spacial score (nSPS) is 25.2. The van der Waals surface area contributed by atoms with Crippen LogP contribution in [0, 0.1) is 6.92 Å². The highest BCUT2D eigenvalue weighted by atomic mass is 16.5. The van der Waals surface area contributed by atoms with E-state index in [1.807, 2.05) is 11.8 Å². The number of nitrogens with one attached hydrogen (secondary N) is 2. The van der Waals surface area contributed by atoms with Crippen molar-refractivity contribution >= 4 is 6.03 Å². The highest BCUT2D eigenvalue weighted by Gasteiger charge is 2.29. The Morgan fingerprint density at radius 1 is 1.42 bits per heavy atom. The zero-order chi connectivity index (χ0) is 16.9. The van der Waals surface area contributed by atoms with Crippen LogP contribution in [0.5, 0.6) is 0 Å². The smallest absolute Gasteiger partial charge is 0.317 e. The molecule has 1 aromatic rings. The average Bonchev–Trinajstić information content (AvgIpc) is 3.22. The number of aromatic amines is 1. The fraction of sp³-hybridized carbons (Fsp3) is 0.765. The maximum Gasteiger partial charge on any atom is 0.317 e. The molecular weight excluding hydrogens is 306 g/mol. The number of ether oxygens (including phenoxy) is 1. The second-order valence-corrected chi connectivity index (χ2v) is 6.99. The van der Waals surface area contributed by atoms with Crippen LogP contribution in [-0.2, 0) is 4.74 Å². The molecule has 3 heterocycles. The van der Waals surface area contributed by atoms with Crippen LogP contribution in [0.3, 0.4) is 0 Å². The number of carbonyl (C=O) groups excluding carboxylic acids is 1. The summed E-state index contributed by atoms with van der Waals surface area (Å²) in [7, 11) is 1.73. The lowest BCUT2D eigenvalue weighted by Crippen LogP contribution is -2.49. The number of aryl methyl sites for hydroxylation is 1. The van der Waals surface area contributed by atoms with Gasteiger partial charge in [-0.25, -0.2) is 4.79 Å². The minimum atomic E-state index is 0.0746. The Morgan fingerprint density at radius 3 is 3.04 bits per heavy atom. The molecule has 0 radical (unpaired) electrons. The van der Waals surface area contributed by atoms with Crippen LogP contribution in [0.4, 0.5) is 4.79 Å². The van der Waals surface area contributed by atoms with E-state index in [1.54, 1.807) is 7.11 Å². The van der Waals surface area contributed by atoms with E-state index >= 15 is 0 Å². The Labute approximate surface area is 143 Å². The van der Waals surface area contributed by atoms with Crippen molar-refractivity contribution in [1.29, 1.82) is 0 Å². The first kappa shape index (κ1) is 17.2. The van der Waals surface area contributed by atoms with E-state index in [4.69, 9.17) is 4.74 Å². The third-order valence-corrected chi connectivity index (χ3v) is 5.06. The summed E-state index contributed by atoms with van der Waals surface area (Å²) in [6.45, 7) is 7.25. The van der Waals surface area contributed by atoms with E-state index in [0.29, 0.717) is 5.92 Å². The van der Waals surface area contributed by atoms with Gasteiger partial charge in [-0.3, -0.25) is 10.00 Å². The van der Waals surface area contributed by atoms with Crippen LogP contribution in [0.1, 0.15) is 36.6 Å². The summed E-state index contributed by atoms with van der Waals surface area (Å²) in [5.41, 5.74) is 2.16. The molecule has 24 heavy (non-hydrogen) atoms. The Bertz CT molecular complexity index is 547. The third kappa shape index (κ3) is 4.27. The summed E-state index contributed by atoms with van der Waals surface area (Å²) >= 11 is 0. The first-order valence-electron chi connectivity index (χ1n) is 8.94. The fourth-order valence-corrected chi connectivity index (χ4v) is 3.69. The number of likely N-dealkylation sites (tertiary alicyclic amines) is 2. The molecule has 7 heteroatoms. The molecule has 2 saturated heterocycles. The zero-order valence-electron chi connectivity index (χ0n) is 14.8. The van der Waals surface area contributed by atoms with E-state index in [1.165, 1.54) is 0 Å². The molecule has 7 nitrogen and oxygen atoms in total. The number of H-pyrrole nitrogens is 1. The number of rotatable bonds is 5. The van der Waals surface area contributed by atoms with Crippen molar-refractivity contribution in [3.05, 3.63) is 17.5 Å². The molecule has 0 bridgehead atoms. The van der Waals surface area contributed by atoms with E-state index in [-0.39, 0.29) is 12.1 Å². The van der Waals surface area contributed by atoms with Crippen molar-refractivity contribution in [1.82, 2.24) is 25.3 Å². The lowest BCUT2D eigenvalue weighted by atomic mass is 9.95. The number of methoxy groups -OCH3 is 1. The Morgan fingerprint density at radius 2 is 2.29 bits per heavy atom. The highest BCUT2D eigenvalue weighted by molar-refractivity contribution is 5.74. The fourth-order valence-electron chi connectivity index (χ4n) is 3.69. The van der Waals surface area contributed by atoms with Crippen LogP contribution >= 0.6 is 0 Å². The van der Waals surface area contributed by atoms with Crippen molar-refractivity contribution in [2.45, 2.75) is 38.1 Å². The number of hydrogen-bond acceptors (Lipinski definition) is 4. The topological polar surface area (TPSA) is 73.5 Å². The molecule has 2 N–H and O–H groups in total. The average molecular weight is 335 g/mol. The van der Waals surface area contributed by atoms with Gasteiger partial charge in [0.05, 0.1) is 12.3 Å². The van der Waals surface area contributed by atoms with E-state index in [9.17, 15) is 4.79 Å². The van der Waals surface area contributed by atoms with E-state index in [2.05, 4.69) is 26.5 Å². The molecule has 2 fully saturated rings. The van der Waals surface area contributed by atoms with Crippen molar-refractivity contribution in [3.63, 3.8) is 0 Å². The second kappa shape index (κ2) is 7.98. The molecule has 2 atom stereocenters. The lowest BCUT2D eigenvalue weighted by Gasteiger charge is -2.32. The molecule has 2 aliphatic heterocycles. The predicted molar refractivity (Wildman–Crippen MR) is 92.1 cm³/mol. The molecule has 0 aromatic carbocycles. The second-order valence-electron chi connectivity index (χ2n) is 6.99. The monoisotopic (exact) mass is 335 g/mol. The molecule has 134 valence electrons. The van der Waals surface area contributed by atoms with Crippen molar-refractivity contribution in [2.75, 3.05) is 46.4 Å². The predicted octanol–water partition coefficient (Wildman–Crippen LogP) is 1.33. The molecule has 0 spiro atoms. The van der Waals surface area contributed by atoms with Gasteiger partial charge in [-0.05, 0) is 32.3 Å². The van der Waals surface area contributed by atoms with Gasteiger partial charge in [-0.2, -0.15) is 5.10 Å². The van der Waals surface area contributed by atoms with Gasteiger partial charge >= 0.3 is 6.03 Å². The summed E-state index contributed by atoms with van der Waals surface area (Å²) in [6.07, 6.45) is 3.15. The molecule has 0 saturated carbocycles. The Kier molecular flexibility index (Phi) is 5.73. The van der Waals surface area contributed by atoms with Gasteiger partial charge in [-0.15, -0.1) is 0 Å². The number of carbonyl (C=O) groups is 1. The first-order chi connectivity index (χ1) is 11.7. The van der Waals surface area contributed by atoms with Crippen LogP contribution in [-0.4, -0.2) is 78.5 Å². The number of nitrogens with zero attached hydrogens (tertiary/aromatic N) is 3. The zero-order valence-corrected chi connectivity index (χ0v) is 14.8. The SMILES string of the molecule is COCCN1CC[C@H](NC(=O)N2CCC[C@@H](c3cc(C)[nH]n3)C2)C1. The maximum atomic E-state index is 12.6. The molecular formula is C17H29N5O2. The number of urea groups is 1. The Hall–Kier alpha value is -1.60. The van der Waals surface area contributed by atoms with Gasteiger partial charge in [0.25, 0.3) is 0 Å². The van der Waals surface area contributed by atoms with Gasteiger partial charge < -0.3 is 15.0 Å². The van der Waals surface area contributed by atoms with E-state index < -0.39 is 0 Å². The van der Waals surface area contributed by atoms with Crippen LogP contribution in [0.2, 0.25) is 0 Å². The van der Waals surface area contributed by atoms with Crippen LogP contribution < -0.4 is 5.32 Å². The molecule has 1 aromatic heterocycles. The largest absolute Gasteiger partial charge is 0.383 e. The molecule has 2 aliphatic rings. The lowest BCUT2D eigenvalue weighted by molar-refractivity contribution is 0.158. The number of aromatic nitrogens is 2. The van der Waals surface area contributed by atoms with Crippen LogP contribution in [0.25, 0.3) is 0 Å². The third-order valence-electron chi connectivity index (χ3n) is 5.06. The van der Waals surface area contributed by atoms with Crippen molar-refractivity contribution < 1.29 is 9.53 Å². The summed E-state index contributed by atoms with van der Waals surface area (Å²) in [6, 6.07) is 2.42. The van der Waals surface area contributed by atoms with Gasteiger partial charge in [0.1, 0.15) is 0 Å². The minimum Gasteiger partial charge on any atom is -0.383 e. The molecule has 0 unspecified atom stereocenters. The van der Waals surface area contributed by atoms with Crippen molar-refractivity contribution in [3.8, 4) is 0 Å². The number of piperidine rings is 1. The molecule has 3 rings (SSSR count). The minimum absolute atomic E-state index is 0.0746. The van der Waals surface area contributed by atoms with Gasteiger partial charge in [0, 0.05) is 57.5 Å².